The van der Waals surface area contributed by atoms with Gasteiger partial charge in [-0.2, -0.15) is 0 Å². The maximum Gasteiger partial charge on any atom is 0.269 e. The van der Waals surface area contributed by atoms with E-state index in [1.54, 1.807) is 23.9 Å². The first-order chi connectivity index (χ1) is 9.60. The summed E-state index contributed by atoms with van der Waals surface area (Å²) in [6.45, 7) is 0. The number of aliphatic hydroxyl groups is 1. The third kappa shape index (κ3) is 3.59. The summed E-state index contributed by atoms with van der Waals surface area (Å²) in [5, 5.41) is 20.7. The summed E-state index contributed by atoms with van der Waals surface area (Å²) in [4.78, 5) is 11.3. The van der Waals surface area contributed by atoms with E-state index in [0.29, 0.717) is 6.42 Å². The largest absolute Gasteiger partial charge is 0.388 e. The first-order valence-corrected chi connectivity index (χ1v) is 7.38. The Morgan fingerprint density at radius 1 is 1.15 bits per heavy atom. The van der Waals surface area contributed by atoms with Gasteiger partial charge < -0.3 is 5.11 Å². The summed E-state index contributed by atoms with van der Waals surface area (Å²) in [6.07, 6.45) is 1.84. The predicted molar refractivity (Wildman–Crippen MR) is 80.0 cm³/mol. The average molecular weight is 289 g/mol. The number of rotatable bonds is 5. The molecule has 4 nitrogen and oxygen atoms in total. The SMILES string of the molecule is CSc1ccc([C@@H](O)Cc2ccc([N+](=O)[O-])cc2)cc1. The van der Waals surface area contributed by atoms with E-state index in [4.69, 9.17) is 0 Å². The lowest BCUT2D eigenvalue weighted by Crippen LogP contribution is -2.01. The number of thioether (sulfide) groups is 1. The number of aliphatic hydroxyl groups excluding tert-OH is 1. The lowest BCUT2D eigenvalue weighted by molar-refractivity contribution is -0.384. The fourth-order valence-electron chi connectivity index (χ4n) is 1.92. The summed E-state index contributed by atoms with van der Waals surface area (Å²) in [5.74, 6) is 0. The fourth-order valence-corrected chi connectivity index (χ4v) is 2.33. The van der Waals surface area contributed by atoms with Gasteiger partial charge in [0.1, 0.15) is 0 Å². The van der Waals surface area contributed by atoms with Crippen molar-refractivity contribution in [2.24, 2.45) is 0 Å². The van der Waals surface area contributed by atoms with Crippen molar-refractivity contribution in [2.45, 2.75) is 17.4 Å². The molecule has 0 bridgehead atoms. The topological polar surface area (TPSA) is 63.4 Å². The van der Waals surface area contributed by atoms with Crippen LogP contribution in [0.2, 0.25) is 0 Å². The standard InChI is InChI=1S/C15H15NO3S/c1-20-14-8-4-12(5-9-14)15(17)10-11-2-6-13(7-3-11)16(18)19/h2-9,15,17H,10H2,1H3/t15-/m0/s1. The van der Waals surface area contributed by atoms with Gasteiger partial charge in [-0.3, -0.25) is 10.1 Å². The van der Waals surface area contributed by atoms with Crippen molar-refractivity contribution in [1.29, 1.82) is 0 Å². The van der Waals surface area contributed by atoms with Gasteiger partial charge in [0.25, 0.3) is 5.69 Å². The van der Waals surface area contributed by atoms with Crippen LogP contribution in [0, 0.1) is 10.1 Å². The van der Waals surface area contributed by atoms with Crippen molar-refractivity contribution in [1.82, 2.24) is 0 Å². The van der Waals surface area contributed by atoms with Crippen LogP contribution in [0.15, 0.2) is 53.4 Å². The van der Waals surface area contributed by atoms with Crippen LogP contribution in [0.5, 0.6) is 0 Å². The zero-order valence-electron chi connectivity index (χ0n) is 11.0. The molecule has 0 fully saturated rings. The number of non-ortho nitro benzene ring substituents is 1. The Labute approximate surface area is 121 Å². The van der Waals surface area contributed by atoms with Crippen LogP contribution in [-0.2, 0) is 6.42 Å². The molecule has 2 aromatic rings. The van der Waals surface area contributed by atoms with Gasteiger partial charge in [-0.25, -0.2) is 0 Å². The molecule has 0 aromatic heterocycles. The van der Waals surface area contributed by atoms with Gasteiger partial charge >= 0.3 is 0 Å². The molecule has 20 heavy (non-hydrogen) atoms. The number of nitro benzene ring substituents is 1. The van der Waals surface area contributed by atoms with Crippen LogP contribution >= 0.6 is 11.8 Å². The van der Waals surface area contributed by atoms with Gasteiger partial charge in [0.05, 0.1) is 11.0 Å². The Hall–Kier alpha value is -1.85. The molecular weight excluding hydrogens is 274 g/mol. The normalized spacial score (nSPS) is 12.1. The molecule has 0 saturated heterocycles. The van der Waals surface area contributed by atoms with E-state index in [9.17, 15) is 15.2 Å². The Kier molecular flexibility index (Phi) is 4.76. The molecule has 0 heterocycles. The second kappa shape index (κ2) is 6.54. The number of hydrogen-bond donors (Lipinski definition) is 1. The second-order valence-electron chi connectivity index (χ2n) is 4.42. The van der Waals surface area contributed by atoms with Crippen LogP contribution < -0.4 is 0 Å². The van der Waals surface area contributed by atoms with Gasteiger partial charge in [-0.15, -0.1) is 11.8 Å². The van der Waals surface area contributed by atoms with Crippen molar-refractivity contribution in [2.75, 3.05) is 6.26 Å². The Balaban J connectivity index is 2.06. The Bertz CT molecular complexity index is 581. The molecule has 2 rings (SSSR count). The van der Waals surface area contributed by atoms with E-state index in [1.165, 1.54) is 12.1 Å². The molecule has 0 saturated carbocycles. The molecule has 0 spiro atoms. The lowest BCUT2D eigenvalue weighted by Gasteiger charge is -2.11. The zero-order chi connectivity index (χ0) is 14.5. The molecule has 1 atom stereocenters. The van der Waals surface area contributed by atoms with Crippen molar-refractivity contribution in [3.8, 4) is 0 Å². The molecule has 0 aliphatic carbocycles. The van der Waals surface area contributed by atoms with E-state index < -0.39 is 11.0 Å². The fraction of sp³-hybridized carbons (Fsp3) is 0.200. The summed E-state index contributed by atoms with van der Waals surface area (Å²) >= 11 is 1.65. The van der Waals surface area contributed by atoms with E-state index in [0.717, 1.165) is 16.0 Å². The van der Waals surface area contributed by atoms with Crippen molar-refractivity contribution in [3.63, 3.8) is 0 Å². The summed E-state index contributed by atoms with van der Waals surface area (Å²) < 4.78 is 0. The molecule has 0 aliphatic heterocycles. The first kappa shape index (κ1) is 14.6. The number of nitrogens with zero attached hydrogens (tertiary/aromatic N) is 1. The number of nitro groups is 1. The van der Waals surface area contributed by atoms with Gasteiger partial charge in [0.15, 0.2) is 0 Å². The highest BCUT2D eigenvalue weighted by Crippen LogP contribution is 2.22. The maximum absolute atomic E-state index is 10.6. The number of benzene rings is 2. The molecule has 0 aliphatic rings. The quantitative estimate of drug-likeness (QED) is 0.519. The minimum Gasteiger partial charge on any atom is -0.388 e. The van der Waals surface area contributed by atoms with Gasteiger partial charge in [-0.05, 0) is 29.5 Å². The minimum atomic E-state index is -0.604. The van der Waals surface area contributed by atoms with Crippen LogP contribution in [0.3, 0.4) is 0 Å². The van der Waals surface area contributed by atoms with Gasteiger partial charge in [-0.1, -0.05) is 24.3 Å². The summed E-state index contributed by atoms with van der Waals surface area (Å²) in [7, 11) is 0. The molecule has 104 valence electrons. The summed E-state index contributed by atoms with van der Waals surface area (Å²) in [6, 6.07) is 14.0. The molecule has 0 amide bonds. The van der Waals surface area contributed by atoms with Crippen molar-refractivity contribution < 1.29 is 10.0 Å². The summed E-state index contributed by atoms with van der Waals surface area (Å²) in [5.41, 5.74) is 1.78. The number of hydrogen-bond acceptors (Lipinski definition) is 4. The van der Waals surface area contributed by atoms with E-state index in [2.05, 4.69) is 0 Å². The van der Waals surface area contributed by atoms with Crippen LogP contribution in [0.4, 0.5) is 5.69 Å². The monoisotopic (exact) mass is 289 g/mol. The molecule has 0 radical (unpaired) electrons. The van der Waals surface area contributed by atoms with Crippen LogP contribution in [0.25, 0.3) is 0 Å². The highest BCUT2D eigenvalue weighted by atomic mass is 32.2. The smallest absolute Gasteiger partial charge is 0.269 e. The lowest BCUT2D eigenvalue weighted by atomic mass is 10.0. The van der Waals surface area contributed by atoms with Gasteiger partial charge in [0, 0.05) is 23.4 Å². The maximum atomic E-state index is 10.6. The average Bonchev–Trinajstić information content (AvgIpc) is 2.48. The van der Waals surface area contributed by atoms with Crippen molar-refractivity contribution >= 4 is 17.4 Å². The van der Waals surface area contributed by atoms with Crippen molar-refractivity contribution in [3.05, 3.63) is 69.8 Å². The molecule has 1 N–H and O–H groups in total. The highest BCUT2D eigenvalue weighted by Gasteiger charge is 2.10. The Morgan fingerprint density at radius 3 is 2.25 bits per heavy atom. The third-order valence-corrected chi connectivity index (χ3v) is 3.82. The molecule has 5 heteroatoms. The zero-order valence-corrected chi connectivity index (χ0v) is 11.8. The van der Waals surface area contributed by atoms with E-state index >= 15 is 0 Å². The predicted octanol–water partition coefficient (Wildman–Crippen LogP) is 3.59. The second-order valence-corrected chi connectivity index (χ2v) is 5.30. The first-order valence-electron chi connectivity index (χ1n) is 6.15. The van der Waals surface area contributed by atoms with E-state index in [-0.39, 0.29) is 5.69 Å². The molecule has 2 aromatic carbocycles. The van der Waals surface area contributed by atoms with Crippen LogP contribution in [0.1, 0.15) is 17.2 Å². The van der Waals surface area contributed by atoms with E-state index in [1.807, 2.05) is 30.5 Å². The van der Waals surface area contributed by atoms with Crippen LogP contribution in [-0.4, -0.2) is 16.3 Å². The highest BCUT2D eigenvalue weighted by molar-refractivity contribution is 7.98. The third-order valence-electron chi connectivity index (χ3n) is 3.08. The van der Waals surface area contributed by atoms with Gasteiger partial charge in [0.2, 0.25) is 0 Å². The molecular formula is C15H15NO3S. The molecule has 0 unspecified atom stereocenters. The minimum absolute atomic E-state index is 0.0626. The Morgan fingerprint density at radius 2 is 1.75 bits per heavy atom.